The average molecular weight is 581 g/mol. The minimum absolute atomic E-state index is 0.143. The highest BCUT2D eigenvalue weighted by Gasteiger charge is 2.17. The van der Waals surface area contributed by atoms with E-state index in [0.717, 1.165) is 5.56 Å². The van der Waals surface area contributed by atoms with Gasteiger partial charge < -0.3 is 14.8 Å². The van der Waals surface area contributed by atoms with Gasteiger partial charge in [0.15, 0.2) is 11.5 Å². The van der Waals surface area contributed by atoms with E-state index >= 15 is 0 Å². The third kappa shape index (κ3) is 6.46. The zero-order chi connectivity index (χ0) is 24.7. The summed E-state index contributed by atoms with van der Waals surface area (Å²) in [6.07, 6.45) is 1.44. The fraction of sp³-hybridized carbons (Fsp3) is 0.120. The number of benzene rings is 3. The van der Waals surface area contributed by atoms with E-state index in [2.05, 4.69) is 21.2 Å². The number of halogens is 4. The molecule has 0 unspecified atom stereocenters. The maximum atomic E-state index is 12.7. The van der Waals surface area contributed by atoms with Crippen LogP contribution in [0.4, 0.5) is 5.69 Å². The molecule has 0 bridgehead atoms. The first kappa shape index (κ1) is 25.9. The number of para-hydroxylation sites is 1. The van der Waals surface area contributed by atoms with Gasteiger partial charge in [0.2, 0.25) is 0 Å². The van der Waals surface area contributed by atoms with Crippen LogP contribution in [-0.2, 0) is 11.4 Å². The van der Waals surface area contributed by atoms with Gasteiger partial charge >= 0.3 is 0 Å². The van der Waals surface area contributed by atoms with Crippen LogP contribution in [0.1, 0.15) is 18.1 Å². The number of nitrogens with zero attached hydrogens (tertiary/aromatic N) is 1. The third-order valence-corrected chi connectivity index (χ3v) is 6.13. The first-order valence-electron chi connectivity index (χ1n) is 10.0. The molecule has 0 spiro atoms. The standard InChI is InChI=1S/C25H18BrCl3N2O3/c1-2-33-22-12-15(11-18(26)24(22)34-14-16-6-3-4-7-19(16)27)10-17(13-30)25(32)31-23-20(28)8-5-9-21(23)29/h3-12H,2,14H2,1H3,(H,31,32)/b17-10+. The van der Waals surface area contributed by atoms with E-state index in [4.69, 9.17) is 44.3 Å². The predicted molar refractivity (Wildman–Crippen MR) is 140 cm³/mol. The molecule has 1 amide bonds. The Morgan fingerprint density at radius 1 is 1.06 bits per heavy atom. The molecule has 3 rings (SSSR count). The second-order valence-electron chi connectivity index (χ2n) is 6.86. The second-order valence-corrected chi connectivity index (χ2v) is 8.94. The van der Waals surface area contributed by atoms with Crippen molar-refractivity contribution in [3.8, 4) is 17.6 Å². The van der Waals surface area contributed by atoms with Gasteiger partial charge in [0.1, 0.15) is 18.2 Å². The zero-order valence-electron chi connectivity index (χ0n) is 17.9. The van der Waals surface area contributed by atoms with E-state index in [1.807, 2.05) is 31.2 Å². The molecular weight excluding hydrogens is 563 g/mol. The lowest BCUT2D eigenvalue weighted by Crippen LogP contribution is -2.14. The summed E-state index contributed by atoms with van der Waals surface area (Å²) in [7, 11) is 0. The van der Waals surface area contributed by atoms with Crippen LogP contribution in [0.2, 0.25) is 15.1 Å². The first-order valence-corrected chi connectivity index (χ1v) is 12.0. The van der Waals surface area contributed by atoms with Crippen LogP contribution in [0.15, 0.2) is 64.6 Å². The molecule has 0 radical (unpaired) electrons. The number of ether oxygens (including phenoxy) is 2. The van der Waals surface area contributed by atoms with Crippen molar-refractivity contribution in [3.63, 3.8) is 0 Å². The SMILES string of the molecule is CCOc1cc(/C=C(\C#N)C(=O)Nc2c(Cl)cccc2Cl)cc(Br)c1OCc1ccccc1Cl. The van der Waals surface area contributed by atoms with Gasteiger partial charge in [0, 0.05) is 10.6 Å². The van der Waals surface area contributed by atoms with Crippen molar-refractivity contribution in [2.75, 3.05) is 11.9 Å². The van der Waals surface area contributed by atoms with Gasteiger partial charge in [0.05, 0.1) is 26.8 Å². The first-order chi connectivity index (χ1) is 16.3. The largest absolute Gasteiger partial charge is 0.490 e. The molecule has 0 fully saturated rings. The van der Waals surface area contributed by atoms with Gasteiger partial charge in [-0.15, -0.1) is 0 Å². The molecule has 5 nitrogen and oxygen atoms in total. The second kappa shape index (κ2) is 12.1. The Hall–Kier alpha value is -2.69. The molecule has 34 heavy (non-hydrogen) atoms. The summed E-state index contributed by atoms with van der Waals surface area (Å²) in [4.78, 5) is 12.7. The maximum absolute atomic E-state index is 12.7. The van der Waals surface area contributed by atoms with Crippen LogP contribution in [0.25, 0.3) is 6.08 Å². The van der Waals surface area contributed by atoms with E-state index < -0.39 is 5.91 Å². The Bertz CT molecular complexity index is 1270. The number of carbonyl (C=O) groups is 1. The number of nitrogens with one attached hydrogen (secondary N) is 1. The summed E-state index contributed by atoms with van der Waals surface area (Å²) in [6, 6.07) is 17.5. The van der Waals surface area contributed by atoms with E-state index in [1.165, 1.54) is 6.08 Å². The van der Waals surface area contributed by atoms with Crippen molar-refractivity contribution in [1.29, 1.82) is 5.26 Å². The smallest absolute Gasteiger partial charge is 0.266 e. The Morgan fingerprint density at radius 3 is 2.38 bits per heavy atom. The lowest BCUT2D eigenvalue weighted by atomic mass is 10.1. The number of anilines is 1. The Kier molecular flexibility index (Phi) is 9.26. The highest BCUT2D eigenvalue weighted by molar-refractivity contribution is 9.10. The lowest BCUT2D eigenvalue weighted by molar-refractivity contribution is -0.112. The molecule has 0 saturated carbocycles. The topological polar surface area (TPSA) is 71.3 Å². The molecule has 174 valence electrons. The number of hydrogen-bond donors (Lipinski definition) is 1. The summed E-state index contributed by atoms with van der Waals surface area (Å²) in [5.74, 6) is 0.275. The summed E-state index contributed by atoms with van der Waals surface area (Å²) >= 11 is 21.9. The van der Waals surface area contributed by atoms with E-state index in [0.29, 0.717) is 33.2 Å². The molecule has 0 aliphatic heterocycles. The van der Waals surface area contributed by atoms with Crippen molar-refractivity contribution in [1.82, 2.24) is 0 Å². The molecule has 3 aromatic rings. The van der Waals surface area contributed by atoms with Crippen molar-refractivity contribution < 1.29 is 14.3 Å². The Morgan fingerprint density at radius 2 is 1.74 bits per heavy atom. The summed E-state index contributed by atoms with van der Waals surface area (Å²) in [5, 5.41) is 13.3. The molecule has 0 aromatic heterocycles. The summed E-state index contributed by atoms with van der Waals surface area (Å²) < 4.78 is 12.3. The zero-order valence-corrected chi connectivity index (χ0v) is 21.7. The van der Waals surface area contributed by atoms with Gasteiger partial charge in [0.25, 0.3) is 5.91 Å². The van der Waals surface area contributed by atoms with Gasteiger partial charge in [-0.3, -0.25) is 4.79 Å². The van der Waals surface area contributed by atoms with Crippen LogP contribution >= 0.6 is 50.7 Å². The molecule has 3 aromatic carbocycles. The average Bonchev–Trinajstić information content (AvgIpc) is 2.80. The molecular formula is C25H18BrCl3N2O3. The minimum Gasteiger partial charge on any atom is -0.490 e. The predicted octanol–water partition coefficient (Wildman–Crippen LogP) is 7.93. The van der Waals surface area contributed by atoms with Crippen molar-refractivity contribution in [3.05, 3.63) is 90.8 Å². The number of nitriles is 1. The van der Waals surface area contributed by atoms with Crippen LogP contribution in [0.5, 0.6) is 11.5 Å². The molecule has 1 N–H and O–H groups in total. The summed E-state index contributed by atoms with van der Waals surface area (Å²) in [6.45, 7) is 2.46. The number of carbonyl (C=O) groups excluding carboxylic acids is 1. The van der Waals surface area contributed by atoms with Gasteiger partial charge in [-0.25, -0.2) is 0 Å². The van der Waals surface area contributed by atoms with Crippen LogP contribution in [0, 0.1) is 11.3 Å². The third-order valence-electron chi connectivity index (χ3n) is 4.54. The molecule has 0 heterocycles. The van der Waals surface area contributed by atoms with Gasteiger partial charge in [-0.2, -0.15) is 5.26 Å². The maximum Gasteiger partial charge on any atom is 0.266 e. The van der Waals surface area contributed by atoms with E-state index in [1.54, 1.807) is 36.4 Å². The molecule has 9 heteroatoms. The van der Waals surface area contributed by atoms with E-state index in [9.17, 15) is 10.1 Å². The number of amides is 1. The molecule has 0 saturated heterocycles. The Balaban J connectivity index is 1.88. The number of rotatable bonds is 8. The van der Waals surface area contributed by atoms with Gasteiger partial charge in [-0.1, -0.05) is 59.1 Å². The molecule has 0 atom stereocenters. The van der Waals surface area contributed by atoms with Crippen LogP contribution in [0.3, 0.4) is 0 Å². The van der Waals surface area contributed by atoms with Gasteiger partial charge in [-0.05, 0) is 64.8 Å². The lowest BCUT2D eigenvalue weighted by Gasteiger charge is -2.15. The van der Waals surface area contributed by atoms with Crippen LogP contribution < -0.4 is 14.8 Å². The molecule has 0 aliphatic carbocycles. The highest BCUT2D eigenvalue weighted by atomic mass is 79.9. The highest BCUT2D eigenvalue weighted by Crippen LogP contribution is 2.38. The van der Waals surface area contributed by atoms with Crippen molar-refractivity contribution in [2.45, 2.75) is 13.5 Å². The minimum atomic E-state index is -0.648. The normalized spacial score (nSPS) is 11.0. The monoisotopic (exact) mass is 578 g/mol. The van der Waals surface area contributed by atoms with Crippen molar-refractivity contribution in [2.24, 2.45) is 0 Å². The Labute approximate surface area is 221 Å². The van der Waals surface area contributed by atoms with E-state index in [-0.39, 0.29) is 27.9 Å². The van der Waals surface area contributed by atoms with Crippen molar-refractivity contribution >= 4 is 68.4 Å². The number of hydrogen-bond acceptors (Lipinski definition) is 4. The molecule has 0 aliphatic rings. The quantitative estimate of drug-likeness (QED) is 0.217. The van der Waals surface area contributed by atoms with Crippen LogP contribution in [-0.4, -0.2) is 12.5 Å². The summed E-state index contributed by atoms with van der Waals surface area (Å²) in [5.41, 5.74) is 1.47. The fourth-order valence-corrected chi connectivity index (χ4v) is 4.21. The fourth-order valence-electron chi connectivity index (χ4n) is 2.95.